The third-order valence-corrected chi connectivity index (χ3v) is 3.23. The molecule has 90 valence electrons. The minimum Gasteiger partial charge on any atom is -0.381 e. The largest absolute Gasteiger partial charge is 0.381 e. The number of nitrogens with one attached hydrogen (secondary N) is 1. The summed E-state index contributed by atoms with van der Waals surface area (Å²) in [5.74, 6) is -0.379. The molecule has 0 radical (unpaired) electrons. The minimum atomic E-state index is -0.379. The van der Waals surface area contributed by atoms with E-state index in [2.05, 4.69) is 14.1 Å². The zero-order chi connectivity index (χ0) is 12.4. The summed E-state index contributed by atoms with van der Waals surface area (Å²) >= 11 is 13.1. The van der Waals surface area contributed by atoms with E-state index in [4.69, 9.17) is 28.9 Å². The van der Waals surface area contributed by atoms with Crippen molar-refractivity contribution in [2.75, 3.05) is 11.9 Å². The Labute approximate surface area is 111 Å². The first kappa shape index (κ1) is 12.3. The summed E-state index contributed by atoms with van der Waals surface area (Å²) in [7, 11) is 0. The molecule has 1 aromatic heterocycles. The predicted octanol–water partition coefficient (Wildman–Crippen LogP) is 2.29. The average molecular weight is 291 g/mol. The van der Waals surface area contributed by atoms with Gasteiger partial charge in [0.25, 0.3) is 0 Å². The van der Waals surface area contributed by atoms with Crippen LogP contribution in [0.3, 0.4) is 0 Å². The Balaban J connectivity index is 2.32. The maximum Gasteiger partial charge on any atom is 0.219 e. The van der Waals surface area contributed by atoms with Gasteiger partial charge in [-0.25, -0.2) is 0 Å². The first-order valence-corrected chi connectivity index (χ1v) is 6.20. The second-order valence-electron chi connectivity index (χ2n) is 3.32. The van der Waals surface area contributed by atoms with Crippen molar-refractivity contribution < 1.29 is 4.79 Å². The highest BCUT2D eigenvalue weighted by Gasteiger charge is 2.13. The molecule has 0 bridgehead atoms. The van der Waals surface area contributed by atoms with E-state index in [9.17, 15) is 4.79 Å². The normalized spacial score (nSPS) is 10.7. The highest BCUT2D eigenvalue weighted by atomic mass is 35.5. The number of hydrogen-bond donors (Lipinski definition) is 2. The fraction of sp³-hybridized carbons (Fsp3) is 0.222. The van der Waals surface area contributed by atoms with Crippen LogP contribution in [-0.2, 0) is 4.79 Å². The van der Waals surface area contributed by atoms with Gasteiger partial charge >= 0.3 is 0 Å². The van der Waals surface area contributed by atoms with Gasteiger partial charge in [-0.2, -0.15) is 8.75 Å². The molecule has 0 aliphatic rings. The van der Waals surface area contributed by atoms with Crippen LogP contribution >= 0.6 is 34.9 Å². The molecule has 1 heterocycles. The third kappa shape index (κ3) is 2.59. The maximum atomic E-state index is 10.6. The summed E-state index contributed by atoms with van der Waals surface area (Å²) in [5, 5.41) is 3.92. The van der Waals surface area contributed by atoms with Crippen LogP contribution in [0.1, 0.15) is 6.42 Å². The molecule has 0 atom stereocenters. The van der Waals surface area contributed by atoms with Crippen molar-refractivity contribution in [1.82, 2.24) is 8.75 Å². The smallest absolute Gasteiger partial charge is 0.219 e. The van der Waals surface area contributed by atoms with Gasteiger partial charge in [0.05, 0.1) is 27.5 Å². The Morgan fingerprint density at radius 3 is 2.76 bits per heavy atom. The lowest BCUT2D eigenvalue weighted by molar-refractivity contribution is -0.117. The first-order valence-electron chi connectivity index (χ1n) is 4.72. The third-order valence-electron chi connectivity index (χ3n) is 2.12. The quantitative estimate of drug-likeness (QED) is 0.905. The van der Waals surface area contributed by atoms with Gasteiger partial charge in [0, 0.05) is 13.0 Å². The van der Waals surface area contributed by atoms with Gasteiger partial charge in [-0.3, -0.25) is 4.79 Å². The van der Waals surface area contributed by atoms with Crippen LogP contribution in [0.15, 0.2) is 6.07 Å². The van der Waals surface area contributed by atoms with Crippen molar-refractivity contribution in [3.8, 4) is 0 Å². The van der Waals surface area contributed by atoms with Gasteiger partial charge in [0.1, 0.15) is 11.0 Å². The number of nitrogens with zero attached hydrogens (tertiary/aromatic N) is 2. The van der Waals surface area contributed by atoms with E-state index < -0.39 is 0 Å². The fourth-order valence-electron chi connectivity index (χ4n) is 1.35. The van der Waals surface area contributed by atoms with Crippen molar-refractivity contribution in [3.63, 3.8) is 0 Å². The zero-order valence-electron chi connectivity index (χ0n) is 8.54. The van der Waals surface area contributed by atoms with Gasteiger partial charge < -0.3 is 11.1 Å². The van der Waals surface area contributed by atoms with Gasteiger partial charge in [-0.15, -0.1) is 0 Å². The summed E-state index contributed by atoms with van der Waals surface area (Å²) in [6.45, 7) is 0.392. The van der Waals surface area contributed by atoms with Crippen molar-refractivity contribution in [2.24, 2.45) is 5.73 Å². The molecule has 0 unspecified atom stereocenters. The van der Waals surface area contributed by atoms with Gasteiger partial charge in [-0.05, 0) is 6.07 Å². The molecular weight excluding hydrogens is 283 g/mol. The molecule has 2 rings (SSSR count). The second-order valence-corrected chi connectivity index (χ2v) is 4.66. The number of amides is 1. The number of hydrogen-bond acceptors (Lipinski definition) is 5. The summed E-state index contributed by atoms with van der Waals surface area (Å²) in [5.41, 5.74) is 6.89. The zero-order valence-corrected chi connectivity index (χ0v) is 10.9. The Morgan fingerprint density at radius 1 is 1.35 bits per heavy atom. The van der Waals surface area contributed by atoms with Crippen molar-refractivity contribution in [2.45, 2.75) is 6.42 Å². The van der Waals surface area contributed by atoms with Gasteiger partial charge in [0.2, 0.25) is 5.91 Å². The van der Waals surface area contributed by atoms with E-state index in [0.29, 0.717) is 33.3 Å². The molecule has 0 saturated heterocycles. The summed E-state index contributed by atoms with van der Waals surface area (Å²) in [6, 6.07) is 1.60. The van der Waals surface area contributed by atoms with Crippen molar-refractivity contribution in [1.29, 1.82) is 0 Å². The molecule has 3 N–H and O–H groups in total. The number of anilines is 1. The number of rotatable bonds is 4. The lowest BCUT2D eigenvalue weighted by Gasteiger charge is -2.08. The maximum absolute atomic E-state index is 10.6. The lowest BCUT2D eigenvalue weighted by atomic mass is 10.2. The number of primary amides is 1. The van der Waals surface area contributed by atoms with E-state index in [-0.39, 0.29) is 12.3 Å². The Hall–Kier alpha value is -1.11. The number of nitrogens with two attached hydrogens (primary N) is 1. The van der Waals surface area contributed by atoms with Crippen molar-refractivity contribution in [3.05, 3.63) is 16.1 Å². The van der Waals surface area contributed by atoms with E-state index in [1.165, 1.54) is 0 Å². The van der Waals surface area contributed by atoms with Gasteiger partial charge in [0.15, 0.2) is 0 Å². The molecule has 0 saturated carbocycles. The first-order chi connectivity index (χ1) is 8.09. The molecule has 17 heavy (non-hydrogen) atoms. The summed E-state index contributed by atoms with van der Waals surface area (Å²) < 4.78 is 8.19. The molecule has 5 nitrogen and oxygen atoms in total. The number of carbonyl (C=O) groups excluding carboxylic acids is 1. The van der Waals surface area contributed by atoms with Crippen molar-refractivity contribution >= 4 is 57.6 Å². The van der Waals surface area contributed by atoms with Crippen LogP contribution in [-0.4, -0.2) is 21.2 Å². The highest BCUT2D eigenvalue weighted by molar-refractivity contribution is 7.00. The summed E-state index contributed by atoms with van der Waals surface area (Å²) in [6.07, 6.45) is 0.220. The monoisotopic (exact) mass is 290 g/mol. The van der Waals surface area contributed by atoms with Crippen LogP contribution in [0.5, 0.6) is 0 Å². The van der Waals surface area contributed by atoms with Crippen LogP contribution < -0.4 is 11.1 Å². The molecule has 1 aromatic carbocycles. The molecule has 1 amide bonds. The number of carbonyl (C=O) groups is 1. The van der Waals surface area contributed by atoms with E-state index in [0.717, 1.165) is 11.7 Å². The molecule has 8 heteroatoms. The Bertz CT molecular complexity index is 571. The van der Waals surface area contributed by atoms with E-state index >= 15 is 0 Å². The molecule has 2 aromatic rings. The molecular formula is C9H8Cl2N4OS. The summed E-state index contributed by atoms with van der Waals surface area (Å²) in [4.78, 5) is 10.6. The number of halogens is 2. The van der Waals surface area contributed by atoms with Crippen LogP contribution in [0.25, 0.3) is 11.0 Å². The Kier molecular flexibility index (Phi) is 3.66. The molecule has 0 aliphatic heterocycles. The molecule has 0 aliphatic carbocycles. The van der Waals surface area contributed by atoms with Gasteiger partial charge in [-0.1, -0.05) is 23.2 Å². The topological polar surface area (TPSA) is 80.9 Å². The molecule has 0 fully saturated rings. The predicted molar refractivity (Wildman–Crippen MR) is 69.7 cm³/mol. The van der Waals surface area contributed by atoms with Crippen LogP contribution in [0.2, 0.25) is 10.0 Å². The second kappa shape index (κ2) is 5.03. The number of fused-ring (bicyclic) bond motifs is 1. The van der Waals surface area contributed by atoms with E-state index in [1.807, 2.05) is 0 Å². The number of aromatic nitrogens is 2. The fourth-order valence-corrected chi connectivity index (χ4v) is 2.53. The van der Waals surface area contributed by atoms with Crippen LogP contribution in [0, 0.1) is 0 Å². The highest BCUT2D eigenvalue weighted by Crippen LogP contribution is 2.34. The standard InChI is InChI=1S/C9H8Cl2N4OS/c10-4-3-5(11)8-9(15-17-14-8)7(4)13-2-1-6(12)16/h3,13H,1-2H2,(H2,12,16). The SMILES string of the molecule is NC(=O)CCNc1c(Cl)cc(Cl)c2nsnc12. The molecule has 0 spiro atoms. The minimum absolute atomic E-state index is 0.220. The Morgan fingerprint density at radius 2 is 2.06 bits per heavy atom. The lowest BCUT2D eigenvalue weighted by Crippen LogP contribution is -2.16. The number of benzene rings is 1. The van der Waals surface area contributed by atoms with E-state index in [1.54, 1.807) is 6.07 Å². The van der Waals surface area contributed by atoms with Crippen LogP contribution in [0.4, 0.5) is 5.69 Å². The average Bonchev–Trinajstić information content (AvgIpc) is 2.71.